The number of halogens is 1. The van der Waals surface area contributed by atoms with Crippen LogP contribution in [0.2, 0.25) is 0 Å². The van der Waals surface area contributed by atoms with E-state index >= 15 is 0 Å². The Hall–Kier alpha value is -1.51. The van der Waals surface area contributed by atoms with E-state index in [1.54, 1.807) is 26.1 Å². The number of hydrogen-bond acceptors (Lipinski definition) is 4. The van der Waals surface area contributed by atoms with Gasteiger partial charge in [-0.05, 0) is 24.6 Å². The van der Waals surface area contributed by atoms with Crippen LogP contribution in [-0.4, -0.2) is 62.1 Å². The molecule has 0 spiro atoms. The van der Waals surface area contributed by atoms with Gasteiger partial charge in [-0.3, -0.25) is 4.79 Å². The molecule has 6 nitrogen and oxygen atoms in total. The van der Waals surface area contributed by atoms with Gasteiger partial charge < -0.3 is 9.64 Å². The standard InChI is InChI=1S/C15H21FN2O4S/c1-15(11-18(8-9-22-15)23(3,20)21)14(19)17(2)10-12-4-6-13(16)7-5-12/h4-7H,8-11H2,1-3H3/t15-/m1/s1. The van der Waals surface area contributed by atoms with Crippen LogP contribution in [0.4, 0.5) is 4.39 Å². The average molecular weight is 344 g/mol. The van der Waals surface area contributed by atoms with Crippen LogP contribution in [0, 0.1) is 5.82 Å². The van der Waals surface area contributed by atoms with Gasteiger partial charge in [0.05, 0.1) is 19.4 Å². The lowest BCUT2D eigenvalue weighted by molar-refractivity contribution is -0.162. The fourth-order valence-corrected chi connectivity index (χ4v) is 3.47. The summed E-state index contributed by atoms with van der Waals surface area (Å²) in [5.41, 5.74) is -0.447. The number of hydrogen-bond donors (Lipinski definition) is 0. The van der Waals surface area contributed by atoms with Crippen LogP contribution >= 0.6 is 0 Å². The smallest absolute Gasteiger partial charge is 0.255 e. The van der Waals surface area contributed by atoms with Crippen molar-refractivity contribution in [2.75, 3.05) is 33.0 Å². The van der Waals surface area contributed by atoms with E-state index in [4.69, 9.17) is 4.74 Å². The maximum atomic E-state index is 12.9. The lowest BCUT2D eigenvalue weighted by Gasteiger charge is -2.40. The van der Waals surface area contributed by atoms with Gasteiger partial charge in [0.2, 0.25) is 10.0 Å². The normalized spacial score (nSPS) is 22.8. The van der Waals surface area contributed by atoms with Gasteiger partial charge in [-0.1, -0.05) is 12.1 Å². The van der Waals surface area contributed by atoms with Gasteiger partial charge in [0.15, 0.2) is 5.60 Å². The zero-order valence-corrected chi connectivity index (χ0v) is 14.3. The van der Waals surface area contributed by atoms with Gasteiger partial charge in [0.1, 0.15) is 5.82 Å². The van der Waals surface area contributed by atoms with Crippen molar-refractivity contribution in [2.45, 2.75) is 19.1 Å². The molecule has 1 aromatic carbocycles. The largest absolute Gasteiger partial charge is 0.363 e. The third-order valence-corrected chi connectivity index (χ3v) is 5.09. The van der Waals surface area contributed by atoms with Crippen LogP contribution in [0.1, 0.15) is 12.5 Å². The first kappa shape index (κ1) is 17.8. The summed E-state index contributed by atoms with van der Waals surface area (Å²) in [6, 6.07) is 5.87. The molecule has 1 aromatic rings. The Bertz CT molecular complexity index is 677. The van der Waals surface area contributed by atoms with Crippen LogP contribution in [-0.2, 0) is 26.1 Å². The van der Waals surface area contributed by atoms with Gasteiger partial charge in [-0.25, -0.2) is 12.8 Å². The molecule has 1 atom stereocenters. The van der Waals surface area contributed by atoms with E-state index in [1.807, 2.05) is 0 Å². The summed E-state index contributed by atoms with van der Waals surface area (Å²) in [4.78, 5) is 14.1. The van der Waals surface area contributed by atoms with Crippen molar-refractivity contribution < 1.29 is 22.3 Å². The Labute approximate surface area is 135 Å². The van der Waals surface area contributed by atoms with E-state index in [9.17, 15) is 17.6 Å². The maximum absolute atomic E-state index is 12.9. The molecule has 2 rings (SSSR count). The summed E-state index contributed by atoms with van der Waals surface area (Å²) in [6.07, 6.45) is 1.12. The number of morpholine rings is 1. The van der Waals surface area contributed by atoms with Crippen molar-refractivity contribution in [1.82, 2.24) is 9.21 Å². The average Bonchev–Trinajstić information content (AvgIpc) is 2.48. The summed E-state index contributed by atoms with van der Waals surface area (Å²) >= 11 is 0. The summed E-state index contributed by atoms with van der Waals surface area (Å²) < 4.78 is 43.1. The zero-order valence-electron chi connectivity index (χ0n) is 13.5. The lowest BCUT2D eigenvalue weighted by Crippen LogP contribution is -2.59. The fourth-order valence-electron chi connectivity index (χ4n) is 2.59. The highest BCUT2D eigenvalue weighted by Crippen LogP contribution is 2.22. The minimum Gasteiger partial charge on any atom is -0.363 e. The number of nitrogens with zero attached hydrogens (tertiary/aromatic N) is 2. The molecule has 23 heavy (non-hydrogen) atoms. The first-order valence-corrected chi connectivity index (χ1v) is 9.06. The quantitative estimate of drug-likeness (QED) is 0.812. The molecule has 8 heteroatoms. The van der Waals surface area contributed by atoms with Crippen LogP contribution in [0.3, 0.4) is 0 Å². The number of benzene rings is 1. The van der Waals surface area contributed by atoms with Crippen LogP contribution in [0.25, 0.3) is 0 Å². The molecule has 0 saturated carbocycles. The highest BCUT2D eigenvalue weighted by molar-refractivity contribution is 7.88. The molecule has 1 heterocycles. The second kappa shape index (κ2) is 6.54. The van der Waals surface area contributed by atoms with E-state index in [0.717, 1.165) is 11.8 Å². The highest BCUT2D eigenvalue weighted by Gasteiger charge is 2.43. The predicted molar refractivity (Wildman–Crippen MR) is 83.6 cm³/mol. The third-order valence-electron chi connectivity index (χ3n) is 3.84. The first-order chi connectivity index (χ1) is 10.6. The SMILES string of the molecule is CN(Cc1ccc(F)cc1)C(=O)[C@@]1(C)CN(S(C)(=O)=O)CCO1. The second-order valence-electron chi connectivity index (χ2n) is 5.96. The number of carbonyl (C=O) groups excluding carboxylic acids is 1. The second-order valence-corrected chi connectivity index (χ2v) is 7.95. The van der Waals surface area contributed by atoms with E-state index in [2.05, 4.69) is 0 Å². The van der Waals surface area contributed by atoms with E-state index in [-0.39, 0.29) is 38.0 Å². The van der Waals surface area contributed by atoms with E-state index < -0.39 is 15.6 Å². The number of carbonyl (C=O) groups is 1. The fraction of sp³-hybridized carbons (Fsp3) is 0.533. The molecule has 1 aliphatic heterocycles. The van der Waals surface area contributed by atoms with Gasteiger partial charge in [0, 0.05) is 20.1 Å². The Morgan fingerprint density at radius 1 is 1.39 bits per heavy atom. The molecular formula is C15H21FN2O4S. The minimum atomic E-state index is -3.38. The molecule has 1 saturated heterocycles. The summed E-state index contributed by atoms with van der Waals surface area (Å²) in [7, 11) is -1.77. The number of amides is 1. The van der Waals surface area contributed by atoms with Crippen molar-refractivity contribution in [3.8, 4) is 0 Å². The molecule has 0 unspecified atom stereocenters. The lowest BCUT2D eigenvalue weighted by atomic mass is 10.0. The van der Waals surface area contributed by atoms with Crippen LogP contribution < -0.4 is 0 Å². The molecular weight excluding hydrogens is 323 g/mol. The Morgan fingerprint density at radius 3 is 2.57 bits per heavy atom. The Morgan fingerprint density at radius 2 is 2.00 bits per heavy atom. The van der Waals surface area contributed by atoms with Crippen molar-refractivity contribution >= 4 is 15.9 Å². The number of sulfonamides is 1. The monoisotopic (exact) mass is 344 g/mol. The van der Waals surface area contributed by atoms with Gasteiger partial charge >= 0.3 is 0 Å². The maximum Gasteiger partial charge on any atom is 0.255 e. The minimum absolute atomic E-state index is 0.0155. The molecule has 0 aromatic heterocycles. The topological polar surface area (TPSA) is 66.9 Å². The summed E-state index contributed by atoms with van der Waals surface area (Å²) in [5, 5.41) is 0. The van der Waals surface area contributed by atoms with Crippen molar-refractivity contribution in [2.24, 2.45) is 0 Å². The van der Waals surface area contributed by atoms with Crippen molar-refractivity contribution in [3.05, 3.63) is 35.6 Å². The molecule has 0 aliphatic carbocycles. The van der Waals surface area contributed by atoms with Crippen LogP contribution in [0.15, 0.2) is 24.3 Å². The number of ether oxygens (including phenoxy) is 1. The molecule has 0 radical (unpaired) electrons. The summed E-state index contributed by atoms with van der Waals surface area (Å²) in [5.74, 6) is -0.649. The Kier molecular flexibility index (Phi) is 5.07. The third kappa shape index (κ3) is 4.27. The predicted octanol–water partition coefficient (Wildman–Crippen LogP) is 0.835. The highest BCUT2D eigenvalue weighted by atomic mass is 32.2. The molecule has 1 fully saturated rings. The molecule has 0 N–H and O–H groups in total. The molecule has 0 bridgehead atoms. The summed E-state index contributed by atoms with van der Waals surface area (Å²) in [6.45, 7) is 2.27. The van der Waals surface area contributed by atoms with Gasteiger partial charge in [0.25, 0.3) is 5.91 Å². The number of likely N-dealkylation sites (N-methyl/N-ethyl adjacent to an activating group) is 1. The Balaban J connectivity index is 2.09. The van der Waals surface area contributed by atoms with E-state index in [1.165, 1.54) is 21.3 Å². The molecule has 1 amide bonds. The van der Waals surface area contributed by atoms with Crippen molar-refractivity contribution in [3.63, 3.8) is 0 Å². The van der Waals surface area contributed by atoms with E-state index in [0.29, 0.717) is 0 Å². The molecule has 128 valence electrons. The number of rotatable bonds is 4. The first-order valence-electron chi connectivity index (χ1n) is 7.21. The van der Waals surface area contributed by atoms with Gasteiger partial charge in [-0.15, -0.1) is 0 Å². The van der Waals surface area contributed by atoms with Gasteiger partial charge in [-0.2, -0.15) is 4.31 Å². The van der Waals surface area contributed by atoms with Crippen LogP contribution in [0.5, 0.6) is 0 Å². The van der Waals surface area contributed by atoms with Crippen molar-refractivity contribution in [1.29, 1.82) is 0 Å². The molecule has 1 aliphatic rings. The zero-order chi connectivity index (χ0) is 17.3.